The van der Waals surface area contributed by atoms with Crippen LogP contribution in [-0.4, -0.2) is 50.6 Å². The van der Waals surface area contributed by atoms with Gasteiger partial charge in [-0.2, -0.15) is 0 Å². The van der Waals surface area contributed by atoms with Gasteiger partial charge in [0.25, 0.3) is 5.91 Å². The number of rotatable bonds is 6. The van der Waals surface area contributed by atoms with Crippen LogP contribution in [0.3, 0.4) is 0 Å². The van der Waals surface area contributed by atoms with Gasteiger partial charge in [0.2, 0.25) is 5.91 Å². The number of nitrogens with zero attached hydrogens (tertiary/aromatic N) is 1. The van der Waals surface area contributed by atoms with Crippen LogP contribution in [0.25, 0.3) is 0 Å². The van der Waals surface area contributed by atoms with Gasteiger partial charge in [-0.05, 0) is 61.9 Å². The van der Waals surface area contributed by atoms with Crippen LogP contribution in [0.5, 0.6) is 5.75 Å². The molecule has 1 aliphatic heterocycles. The average molecular weight is 485 g/mol. The molecule has 1 saturated carbocycles. The van der Waals surface area contributed by atoms with E-state index in [2.05, 4.69) is 5.32 Å². The molecule has 1 N–H and O–H groups in total. The first-order chi connectivity index (χ1) is 16.2. The van der Waals surface area contributed by atoms with E-state index in [0.717, 1.165) is 31.2 Å². The zero-order chi connectivity index (χ0) is 24.5. The van der Waals surface area contributed by atoms with E-state index in [-0.39, 0.29) is 28.8 Å². The molecule has 182 valence electrons. The Balaban J connectivity index is 1.57. The maximum Gasteiger partial charge on any atom is 0.258 e. The molecule has 34 heavy (non-hydrogen) atoms. The molecule has 1 saturated heterocycles. The number of carbonyl (C=O) groups is 2. The van der Waals surface area contributed by atoms with E-state index in [9.17, 15) is 18.0 Å². The third-order valence-corrected chi connectivity index (χ3v) is 8.26. The maximum atomic E-state index is 13.7. The molecule has 4 atom stereocenters. The van der Waals surface area contributed by atoms with Gasteiger partial charge in [0, 0.05) is 12.3 Å². The molecule has 0 radical (unpaired) electrons. The topological polar surface area (TPSA) is 92.8 Å². The maximum absolute atomic E-state index is 13.7. The molecule has 8 heteroatoms. The first kappa shape index (κ1) is 24.3. The number of amides is 2. The fourth-order valence-electron chi connectivity index (χ4n) is 5.34. The van der Waals surface area contributed by atoms with Crippen molar-refractivity contribution in [2.24, 2.45) is 5.92 Å². The van der Waals surface area contributed by atoms with Crippen molar-refractivity contribution in [3.8, 4) is 5.75 Å². The first-order valence-electron chi connectivity index (χ1n) is 11.8. The van der Waals surface area contributed by atoms with E-state index in [4.69, 9.17) is 4.74 Å². The van der Waals surface area contributed by atoms with Crippen LogP contribution in [0, 0.1) is 5.92 Å². The Morgan fingerprint density at radius 3 is 2.41 bits per heavy atom. The number of likely N-dealkylation sites (tertiary alicyclic amines) is 1. The number of ether oxygens (including phenoxy) is 1. The molecule has 4 rings (SSSR count). The van der Waals surface area contributed by atoms with Crippen LogP contribution in [0.1, 0.15) is 61.0 Å². The van der Waals surface area contributed by atoms with Crippen molar-refractivity contribution < 1.29 is 22.7 Å². The van der Waals surface area contributed by atoms with Gasteiger partial charge < -0.3 is 15.0 Å². The molecule has 0 spiro atoms. The average Bonchev–Trinajstić information content (AvgIpc) is 3.23. The lowest BCUT2D eigenvalue weighted by atomic mass is 9.84. The lowest BCUT2D eigenvalue weighted by molar-refractivity contribution is -0.125. The minimum absolute atomic E-state index is 0.0475. The molecule has 0 bridgehead atoms. The second-order valence-corrected chi connectivity index (χ2v) is 11.4. The molecule has 2 amide bonds. The number of nitrogens with one attached hydrogen (secondary N) is 1. The summed E-state index contributed by atoms with van der Waals surface area (Å²) in [6.45, 7) is 1.86. The van der Waals surface area contributed by atoms with E-state index in [1.807, 2.05) is 19.1 Å². The number of hydrogen-bond donors (Lipinski definition) is 1. The Kier molecular flexibility index (Phi) is 6.98. The van der Waals surface area contributed by atoms with Crippen LogP contribution in [0.2, 0.25) is 0 Å². The first-order valence-corrected chi connectivity index (χ1v) is 13.7. The van der Waals surface area contributed by atoms with Gasteiger partial charge in [0.1, 0.15) is 11.8 Å². The van der Waals surface area contributed by atoms with E-state index in [1.165, 1.54) is 6.26 Å². The Morgan fingerprint density at radius 1 is 1.06 bits per heavy atom. The van der Waals surface area contributed by atoms with Crippen LogP contribution in [0.4, 0.5) is 0 Å². The smallest absolute Gasteiger partial charge is 0.258 e. The molecule has 0 aromatic heterocycles. The minimum atomic E-state index is -3.28. The molecule has 4 unspecified atom stereocenters. The lowest BCUT2D eigenvalue weighted by Gasteiger charge is -2.34. The molecule has 2 aromatic rings. The van der Waals surface area contributed by atoms with Crippen molar-refractivity contribution >= 4 is 21.7 Å². The summed E-state index contributed by atoms with van der Waals surface area (Å²) in [5.41, 5.74) is 1.28. The van der Waals surface area contributed by atoms with Crippen LogP contribution in [0.15, 0.2) is 53.4 Å². The minimum Gasteiger partial charge on any atom is -0.496 e. The SMILES string of the molecule is COc1ccccc1C(=O)N1C(C(=O)NC(C)c2ccc(S(C)(=O)=O)cc2)CC2CCCCC21. The summed E-state index contributed by atoms with van der Waals surface area (Å²) in [5.74, 6) is 0.465. The predicted octanol–water partition coefficient (Wildman–Crippen LogP) is 3.75. The molecule has 1 heterocycles. The summed E-state index contributed by atoms with van der Waals surface area (Å²) in [7, 11) is -1.74. The zero-order valence-electron chi connectivity index (χ0n) is 19.9. The summed E-state index contributed by atoms with van der Waals surface area (Å²) in [6, 6.07) is 12.8. The highest BCUT2D eigenvalue weighted by atomic mass is 32.2. The van der Waals surface area contributed by atoms with Gasteiger partial charge in [-0.1, -0.05) is 37.1 Å². The third kappa shape index (κ3) is 4.82. The van der Waals surface area contributed by atoms with E-state index in [1.54, 1.807) is 48.4 Å². The molecule has 2 aromatic carbocycles. The molecular weight excluding hydrogens is 452 g/mol. The predicted molar refractivity (Wildman–Crippen MR) is 129 cm³/mol. The van der Waals surface area contributed by atoms with Gasteiger partial charge in [-0.25, -0.2) is 8.42 Å². The number of fused-ring (bicyclic) bond motifs is 1. The van der Waals surface area contributed by atoms with Crippen molar-refractivity contribution in [3.05, 3.63) is 59.7 Å². The summed E-state index contributed by atoms with van der Waals surface area (Å²) in [4.78, 5) is 29.2. The highest BCUT2D eigenvalue weighted by Gasteiger charge is 2.48. The Morgan fingerprint density at radius 2 is 1.74 bits per heavy atom. The number of hydrogen-bond acceptors (Lipinski definition) is 5. The number of benzene rings is 2. The second-order valence-electron chi connectivity index (χ2n) is 9.35. The molecule has 2 aliphatic rings. The van der Waals surface area contributed by atoms with Gasteiger partial charge in [-0.15, -0.1) is 0 Å². The van der Waals surface area contributed by atoms with Gasteiger partial charge in [-0.3, -0.25) is 9.59 Å². The second kappa shape index (κ2) is 9.78. The molecule has 2 fully saturated rings. The van der Waals surface area contributed by atoms with Crippen molar-refractivity contribution in [3.63, 3.8) is 0 Å². The molecule has 1 aliphatic carbocycles. The number of carbonyl (C=O) groups excluding carboxylic acids is 2. The van der Waals surface area contributed by atoms with Crippen molar-refractivity contribution in [2.45, 2.75) is 62.0 Å². The highest BCUT2D eigenvalue weighted by Crippen LogP contribution is 2.41. The van der Waals surface area contributed by atoms with Crippen molar-refractivity contribution in [1.82, 2.24) is 10.2 Å². The van der Waals surface area contributed by atoms with Crippen molar-refractivity contribution in [2.75, 3.05) is 13.4 Å². The quantitative estimate of drug-likeness (QED) is 0.674. The van der Waals surface area contributed by atoms with E-state index >= 15 is 0 Å². The van der Waals surface area contributed by atoms with Crippen molar-refractivity contribution in [1.29, 1.82) is 0 Å². The molecular formula is C26H32N2O5S. The summed E-state index contributed by atoms with van der Waals surface area (Å²) in [5, 5.41) is 3.06. The van der Waals surface area contributed by atoms with E-state index in [0.29, 0.717) is 23.7 Å². The summed E-state index contributed by atoms with van der Waals surface area (Å²) < 4.78 is 28.9. The molecule has 7 nitrogen and oxygen atoms in total. The lowest BCUT2D eigenvalue weighted by Crippen LogP contribution is -2.50. The number of methoxy groups -OCH3 is 1. The van der Waals surface area contributed by atoms with Gasteiger partial charge >= 0.3 is 0 Å². The Bertz CT molecular complexity index is 1160. The highest BCUT2D eigenvalue weighted by molar-refractivity contribution is 7.90. The monoisotopic (exact) mass is 484 g/mol. The number of sulfone groups is 1. The number of para-hydroxylation sites is 1. The van der Waals surface area contributed by atoms with Gasteiger partial charge in [0.05, 0.1) is 23.6 Å². The fraction of sp³-hybridized carbons (Fsp3) is 0.462. The van der Waals surface area contributed by atoms with Crippen LogP contribution >= 0.6 is 0 Å². The Labute approximate surface area is 201 Å². The van der Waals surface area contributed by atoms with Gasteiger partial charge in [0.15, 0.2) is 9.84 Å². The Hall–Kier alpha value is -2.87. The third-order valence-electron chi connectivity index (χ3n) is 7.13. The van der Waals surface area contributed by atoms with Crippen LogP contribution < -0.4 is 10.1 Å². The summed E-state index contributed by atoms with van der Waals surface area (Å²) >= 11 is 0. The summed E-state index contributed by atoms with van der Waals surface area (Å²) in [6.07, 6.45) is 5.91. The fourth-order valence-corrected chi connectivity index (χ4v) is 5.97. The standard InChI is InChI=1S/C26H32N2O5S/c1-17(18-12-14-20(15-13-18)34(3,31)32)27-25(29)23-16-19-8-4-6-10-22(19)28(23)26(30)21-9-5-7-11-24(21)33-2/h5,7,9,11-15,17,19,22-23H,4,6,8,10,16H2,1-3H3,(H,27,29). The van der Waals surface area contributed by atoms with Crippen LogP contribution in [-0.2, 0) is 14.6 Å². The normalized spacial score (nSPS) is 23.1. The van der Waals surface area contributed by atoms with E-state index < -0.39 is 15.9 Å². The zero-order valence-corrected chi connectivity index (χ0v) is 20.7. The largest absolute Gasteiger partial charge is 0.496 e.